The van der Waals surface area contributed by atoms with Gasteiger partial charge in [0.25, 0.3) is 0 Å². The number of aromatic nitrogens is 3. The van der Waals surface area contributed by atoms with E-state index in [1.165, 1.54) is 4.90 Å². The van der Waals surface area contributed by atoms with Crippen molar-refractivity contribution < 1.29 is 19.1 Å². The summed E-state index contributed by atoms with van der Waals surface area (Å²) in [5.74, 6) is 0.834. The summed E-state index contributed by atoms with van der Waals surface area (Å²) in [4.78, 5) is 35.9. The highest BCUT2D eigenvalue weighted by atomic mass is 16.5. The lowest BCUT2D eigenvalue weighted by Crippen LogP contribution is -2.31. The molecule has 8 heteroatoms. The number of hydrogen-bond acceptors (Lipinski definition) is 6. The van der Waals surface area contributed by atoms with Crippen molar-refractivity contribution >= 4 is 28.4 Å². The van der Waals surface area contributed by atoms with Gasteiger partial charge in [0.05, 0.1) is 24.9 Å². The Labute approximate surface area is 208 Å². The molecule has 0 bridgehead atoms. The quantitative estimate of drug-likeness (QED) is 0.266. The Bertz CT molecular complexity index is 1490. The normalized spacial score (nSPS) is 15.5. The molecule has 2 amide bonds. The lowest BCUT2D eigenvalue weighted by molar-refractivity contribution is -0.122. The minimum absolute atomic E-state index is 0.171. The van der Waals surface area contributed by atoms with Crippen molar-refractivity contribution in [2.75, 3.05) is 12.0 Å². The minimum Gasteiger partial charge on any atom is -0.479 e. The number of ether oxygens (including phenoxy) is 2. The van der Waals surface area contributed by atoms with Crippen LogP contribution in [0.15, 0.2) is 67.8 Å². The number of fused-ring (bicyclic) bond motifs is 1. The molecule has 0 N–H and O–H groups in total. The van der Waals surface area contributed by atoms with Gasteiger partial charge >= 0.3 is 0 Å². The lowest BCUT2D eigenvalue weighted by Gasteiger charge is -2.21. The Balaban J connectivity index is 1.72. The molecule has 3 aromatic heterocycles. The Morgan fingerprint density at radius 2 is 2.03 bits per heavy atom. The molecule has 5 rings (SSSR count). The fourth-order valence-corrected chi connectivity index (χ4v) is 4.76. The second-order valence-corrected chi connectivity index (χ2v) is 8.79. The van der Waals surface area contributed by atoms with E-state index in [-0.39, 0.29) is 18.2 Å². The number of amides is 2. The van der Waals surface area contributed by atoms with E-state index in [2.05, 4.69) is 16.5 Å². The van der Waals surface area contributed by atoms with Gasteiger partial charge in [0, 0.05) is 48.6 Å². The molecule has 1 atom stereocenters. The van der Waals surface area contributed by atoms with Crippen LogP contribution in [0.2, 0.25) is 0 Å². The molecule has 1 aromatic carbocycles. The van der Waals surface area contributed by atoms with Gasteiger partial charge in [-0.25, -0.2) is 4.98 Å². The van der Waals surface area contributed by atoms with E-state index in [0.29, 0.717) is 29.5 Å². The number of imide groups is 1. The molecular weight excluding hydrogens is 456 g/mol. The third-order valence-corrected chi connectivity index (χ3v) is 6.43. The topological polar surface area (TPSA) is 86.6 Å². The van der Waals surface area contributed by atoms with Crippen molar-refractivity contribution in [3.63, 3.8) is 0 Å². The number of benzene rings is 1. The smallest absolute Gasteiger partial charge is 0.238 e. The van der Waals surface area contributed by atoms with E-state index in [9.17, 15) is 9.59 Å². The Kier molecular flexibility index (Phi) is 6.01. The second-order valence-electron chi connectivity index (χ2n) is 8.79. The number of carbonyl (C=O) groups excluding carboxylic acids is 2. The number of carbonyl (C=O) groups is 2. The van der Waals surface area contributed by atoms with Crippen LogP contribution in [-0.4, -0.2) is 33.5 Å². The summed E-state index contributed by atoms with van der Waals surface area (Å²) in [5.41, 5.74) is 3.70. The third-order valence-electron chi connectivity index (χ3n) is 6.43. The van der Waals surface area contributed by atoms with E-state index in [0.717, 1.165) is 27.6 Å². The largest absolute Gasteiger partial charge is 0.479 e. The van der Waals surface area contributed by atoms with Gasteiger partial charge in [0.1, 0.15) is 17.0 Å². The van der Waals surface area contributed by atoms with Gasteiger partial charge < -0.3 is 14.0 Å². The summed E-state index contributed by atoms with van der Waals surface area (Å²) in [6.07, 6.45) is 9.28. The Morgan fingerprint density at radius 3 is 2.75 bits per heavy atom. The predicted octanol–water partition coefficient (Wildman–Crippen LogP) is 5.20. The summed E-state index contributed by atoms with van der Waals surface area (Å²) >= 11 is 0. The average Bonchev–Trinajstić information content (AvgIpc) is 3.36. The first-order valence-electron chi connectivity index (χ1n) is 11.6. The summed E-state index contributed by atoms with van der Waals surface area (Å²) < 4.78 is 13.7. The van der Waals surface area contributed by atoms with Crippen molar-refractivity contribution in [2.24, 2.45) is 13.0 Å². The highest BCUT2D eigenvalue weighted by Gasteiger charge is 2.39. The maximum atomic E-state index is 13.2. The first kappa shape index (κ1) is 23.3. The SMILES string of the molecule is C=CCC1CC(=O)N(c2cc(-c3cn(C)c4c(OC)nccc34)c(Oc3cccnc3)cc2C)C1=O. The summed E-state index contributed by atoms with van der Waals surface area (Å²) in [6, 6.07) is 9.24. The minimum atomic E-state index is -0.392. The van der Waals surface area contributed by atoms with E-state index >= 15 is 0 Å². The molecule has 36 heavy (non-hydrogen) atoms. The summed E-state index contributed by atoms with van der Waals surface area (Å²) in [6.45, 7) is 5.60. The molecule has 0 radical (unpaired) electrons. The molecule has 182 valence electrons. The molecule has 1 unspecified atom stereocenters. The van der Waals surface area contributed by atoms with E-state index in [1.807, 2.05) is 49.0 Å². The van der Waals surface area contributed by atoms with Crippen LogP contribution < -0.4 is 14.4 Å². The van der Waals surface area contributed by atoms with Crippen LogP contribution in [0.3, 0.4) is 0 Å². The number of aryl methyl sites for hydroxylation is 2. The maximum Gasteiger partial charge on any atom is 0.238 e. The maximum absolute atomic E-state index is 13.2. The molecule has 1 aliphatic heterocycles. The number of pyridine rings is 2. The molecule has 4 aromatic rings. The highest BCUT2D eigenvalue weighted by Crippen LogP contribution is 2.44. The van der Waals surface area contributed by atoms with Gasteiger partial charge in [0.15, 0.2) is 0 Å². The lowest BCUT2D eigenvalue weighted by atomic mass is 10.00. The Hall–Kier alpha value is -4.46. The van der Waals surface area contributed by atoms with Crippen LogP contribution in [0.1, 0.15) is 18.4 Å². The molecule has 0 saturated carbocycles. The Morgan fingerprint density at radius 1 is 1.19 bits per heavy atom. The van der Waals surface area contributed by atoms with Crippen LogP contribution in [-0.2, 0) is 16.6 Å². The first-order valence-corrected chi connectivity index (χ1v) is 11.6. The van der Waals surface area contributed by atoms with Gasteiger partial charge in [-0.05, 0) is 49.2 Å². The van der Waals surface area contributed by atoms with Crippen molar-refractivity contribution in [3.8, 4) is 28.5 Å². The molecule has 1 aliphatic rings. The van der Waals surface area contributed by atoms with E-state index in [4.69, 9.17) is 9.47 Å². The number of anilines is 1. The van der Waals surface area contributed by atoms with E-state index < -0.39 is 5.92 Å². The second kappa shape index (κ2) is 9.30. The van der Waals surface area contributed by atoms with Crippen molar-refractivity contribution in [1.82, 2.24) is 14.5 Å². The van der Waals surface area contributed by atoms with Crippen molar-refractivity contribution in [3.05, 3.63) is 73.3 Å². The number of allylic oxidation sites excluding steroid dienone is 1. The monoisotopic (exact) mass is 482 g/mol. The highest BCUT2D eigenvalue weighted by molar-refractivity contribution is 6.21. The van der Waals surface area contributed by atoms with Crippen molar-refractivity contribution in [2.45, 2.75) is 19.8 Å². The van der Waals surface area contributed by atoms with E-state index in [1.54, 1.807) is 37.8 Å². The standard InChI is InChI=1S/C28H26N4O4/c1-5-7-18-13-25(33)32(28(18)34)23-14-21(24(12-17(23)2)36-19-8-6-10-29-15-19)22-16-31(3)26-20(22)9-11-30-27(26)35-4/h5-6,8-12,14-16,18H,1,7,13H2,2-4H3. The van der Waals surface area contributed by atoms with Gasteiger partial charge in [-0.2, -0.15) is 0 Å². The molecule has 4 heterocycles. The third kappa shape index (κ3) is 3.90. The average molecular weight is 483 g/mol. The van der Waals surface area contributed by atoms with Gasteiger partial charge in [0.2, 0.25) is 17.7 Å². The van der Waals surface area contributed by atoms with Crippen LogP contribution in [0.25, 0.3) is 22.0 Å². The number of hydrogen-bond donors (Lipinski definition) is 0. The van der Waals surface area contributed by atoms with Gasteiger partial charge in [-0.1, -0.05) is 6.08 Å². The molecule has 1 fully saturated rings. The van der Waals surface area contributed by atoms with Gasteiger partial charge in [-0.15, -0.1) is 6.58 Å². The van der Waals surface area contributed by atoms with Crippen LogP contribution >= 0.6 is 0 Å². The number of rotatable bonds is 7. The van der Waals surface area contributed by atoms with Crippen LogP contribution in [0.4, 0.5) is 5.69 Å². The molecule has 1 saturated heterocycles. The number of nitrogens with zero attached hydrogens (tertiary/aromatic N) is 4. The van der Waals surface area contributed by atoms with Gasteiger partial charge in [-0.3, -0.25) is 19.5 Å². The summed E-state index contributed by atoms with van der Waals surface area (Å²) in [5, 5.41) is 0.902. The van der Waals surface area contributed by atoms with Crippen LogP contribution in [0.5, 0.6) is 17.4 Å². The first-order chi connectivity index (χ1) is 17.4. The predicted molar refractivity (Wildman–Crippen MR) is 137 cm³/mol. The molecule has 0 spiro atoms. The number of methoxy groups -OCH3 is 1. The zero-order valence-electron chi connectivity index (χ0n) is 20.4. The molecular formula is C28H26N4O4. The fraction of sp³-hybridized carbons (Fsp3) is 0.214. The summed E-state index contributed by atoms with van der Waals surface area (Å²) in [7, 11) is 3.50. The zero-order valence-corrected chi connectivity index (χ0v) is 20.4. The van der Waals surface area contributed by atoms with Crippen LogP contribution in [0, 0.1) is 12.8 Å². The molecule has 8 nitrogen and oxygen atoms in total. The molecule has 0 aliphatic carbocycles. The zero-order chi connectivity index (χ0) is 25.4. The fourth-order valence-electron chi connectivity index (χ4n) is 4.76. The van der Waals surface area contributed by atoms with Crippen molar-refractivity contribution in [1.29, 1.82) is 0 Å².